The molecular weight excluding hydrogens is 396 g/mol. The van der Waals surface area contributed by atoms with E-state index in [1.165, 1.54) is 0 Å². The van der Waals surface area contributed by atoms with E-state index in [-0.39, 0.29) is 12.1 Å². The molecule has 0 spiro atoms. The van der Waals surface area contributed by atoms with Gasteiger partial charge in [0.25, 0.3) is 0 Å². The van der Waals surface area contributed by atoms with Crippen LogP contribution in [0.5, 0.6) is 5.75 Å². The lowest BCUT2D eigenvalue weighted by atomic mass is 10.00. The summed E-state index contributed by atoms with van der Waals surface area (Å²) in [6.07, 6.45) is 0.736. The van der Waals surface area contributed by atoms with Crippen LogP contribution in [-0.2, 0) is 4.74 Å². The van der Waals surface area contributed by atoms with Gasteiger partial charge in [-0.05, 0) is 61.2 Å². The van der Waals surface area contributed by atoms with Crippen LogP contribution in [0.15, 0.2) is 22.7 Å². The van der Waals surface area contributed by atoms with E-state index in [1.54, 1.807) is 7.11 Å². The Balaban J connectivity index is 2.17. The van der Waals surface area contributed by atoms with Gasteiger partial charge in [0.15, 0.2) is 0 Å². The van der Waals surface area contributed by atoms with Gasteiger partial charge in [-0.25, -0.2) is 4.79 Å². The highest BCUT2D eigenvalue weighted by molar-refractivity contribution is 9.10. The first-order valence-electron chi connectivity index (χ1n) is 9.19. The van der Waals surface area contributed by atoms with Crippen molar-refractivity contribution in [1.82, 2.24) is 4.90 Å². The van der Waals surface area contributed by atoms with Gasteiger partial charge in [-0.2, -0.15) is 0 Å². The maximum atomic E-state index is 12.7. The third kappa shape index (κ3) is 5.53. The Morgan fingerprint density at radius 1 is 1.31 bits per heavy atom. The predicted octanol–water partition coefficient (Wildman–Crippen LogP) is 4.93. The second kappa shape index (κ2) is 8.51. The van der Waals surface area contributed by atoms with Crippen molar-refractivity contribution in [3.05, 3.63) is 22.7 Å². The van der Waals surface area contributed by atoms with E-state index in [2.05, 4.69) is 40.7 Å². The zero-order valence-corrected chi connectivity index (χ0v) is 18.3. The third-order valence-corrected chi connectivity index (χ3v) is 5.01. The monoisotopic (exact) mass is 426 g/mol. The van der Waals surface area contributed by atoms with Crippen molar-refractivity contribution in [2.45, 2.75) is 52.7 Å². The number of rotatable bonds is 4. The van der Waals surface area contributed by atoms with Gasteiger partial charge in [-0.3, -0.25) is 0 Å². The standard InChI is InChI=1S/C20H31BrN2O3/c1-14(2)11-16-13-22(15-7-8-17(21)18(12-15)25-6)9-10-23(16)19(24)26-20(3,4)5/h7-8,12,14,16H,9-11,13H2,1-6H3. The Labute approximate surface area is 165 Å². The van der Waals surface area contributed by atoms with E-state index in [1.807, 2.05) is 37.8 Å². The van der Waals surface area contributed by atoms with E-state index in [0.29, 0.717) is 12.5 Å². The van der Waals surface area contributed by atoms with E-state index >= 15 is 0 Å². The summed E-state index contributed by atoms with van der Waals surface area (Å²) in [5.74, 6) is 1.32. The number of halogens is 1. The lowest BCUT2D eigenvalue weighted by molar-refractivity contribution is 0.0120. The number of ether oxygens (including phenoxy) is 2. The van der Waals surface area contributed by atoms with Crippen LogP contribution in [0.1, 0.15) is 41.0 Å². The molecule has 1 fully saturated rings. The van der Waals surface area contributed by atoms with Gasteiger partial charge in [0.1, 0.15) is 11.4 Å². The Bertz CT molecular complexity index is 628. The van der Waals surface area contributed by atoms with Crippen molar-refractivity contribution in [3.8, 4) is 5.75 Å². The van der Waals surface area contributed by atoms with Gasteiger partial charge in [-0.1, -0.05) is 13.8 Å². The van der Waals surface area contributed by atoms with Gasteiger partial charge in [0, 0.05) is 31.4 Å². The van der Waals surface area contributed by atoms with Gasteiger partial charge >= 0.3 is 6.09 Å². The van der Waals surface area contributed by atoms with Gasteiger partial charge in [0.05, 0.1) is 17.6 Å². The molecule has 0 aromatic heterocycles. The minimum Gasteiger partial charge on any atom is -0.495 e. The predicted molar refractivity (Wildman–Crippen MR) is 109 cm³/mol. The van der Waals surface area contributed by atoms with Crippen molar-refractivity contribution in [1.29, 1.82) is 0 Å². The van der Waals surface area contributed by atoms with Crippen LogP contribution in [-0.4, -0.2) is 49.4 Å². The molecule has 2 rings (SSSR count). The van der Waals surface area contributed by atoms with Crippen LogP contribution in [0.4, 0.5) is 10.5 Å². The van der Waals surface area contributed by atoms with E-state index in [9.17, 15) is 4.79 Å². The summed E-state index contributed by atoms with van der Waals surface area (Å²) in [5.41, 5.74) is 0.637. The largest absolute Gasteiger partial charge is 0.495 e. The lowest BCUT2D eigenvalue weighted by Gasteiger charge is -2.43. The van der Waals surface area contributed by atoms with Crippen LogP contribution in [0, 0.1) is 5.92 Å². The quantitative estimate of drug-likeness (QED) is 0.684. The Hall–Kier alpha value is -1.43. The Kier molecular flexibility index (Phi) is 6.83. The van der Waals surface area contributed by atoms with E-state index < -0.39 is 5.60 Å². The molecule has 1 aromatic carbocycles. The van der Waals surface area contributed by atoms with Crippen molar-refractivity contribution >= 4 is 27.7 Å². The van der Waals surface area contributed by atoms with Crippen LogP contribution < -0.4 is 9.64 Å². The highest BCUT2D eigenvalue weighted by Crippen LogP contribution is 2.31. The summed E-state index contributed by atoms with van der Waals surface area (Å²) in [5, 5.41) is 0. The maximum Gasteiger partial charge on any atom is 0.410 e. The molecule has 6 heteroatoms. The number of amides is 1. The number of methoxy groups -OCH3 is 1. The first kappa shape index (κ1) is 20.9. The molecule has 0 saturated carbocycles. The number of carbonyl (C=O) groups is 1. The SMILES string of the molecule is COc1cc(N2CCN(C(=O)OC(C)(C)C)C(CC(C)C)C2)ccc1Br. The first-order valence-corrected chi connectivity index (χ1v) is 9.98. The van der Waals surface area contributed by atoms with Crippen molar-refractivity contribution in [2.75, 3.05) is 31.6 Å². The average Bonchev–Trinajstić information content (AvgIpc) is 2.53. The molecular formula is C20H31BrN2O3. The van der Waals surface area contributed by atoms with Crippen molar-refractivity contribution in [2.24, 2.45) is 5.92 Å². The summed E-state index contributed by atoms with van der Waals surface area (Å²) in [6, 6.07) is 6.27. The number of benzene rings is 1. The molecule has 146 valence electrons. The number of nitrogens with zero attached hydrogens (tertiary/aromatic N) is 2. The molecule has 1 aliphatic rings. The Morgan fingerprint density at radius 2 is 2.00 bits per heavy atom. The molecule has 0 aliphatic carbocycles. The normalized spacial score (nSPS) is 18.2. The summed E-state index contributed by atoms with van der Waals surface area (Å²) in [4.78, 5) is 16.9. The summed E-state index contributed by atoms with van der Waals surface area (Å²) in [6.45, 7) is 12.3. The summed E-state index contributed by atoms with van der Waals surface area (Å²) >= 11 is 3.50. The fourth-order valence-corrected chi connectivity index (χ4v) is 3.65. The second-order valence-electron chi connectivity index (χ2n) is 8.22. The molecule has 1 saturated heterocycles. The number of carbonyl (C=O) groups excluding carboxylic acids is 1. The van der Waals surface area contributed by atoms with Gasteiger partial charge in [0.2, 0.25) is 0 Å². The van der Waals surface area contributed by atoms with Gasteiger partial charge in [-0.15, -0.1) is 0 Å². The molecule has 26 heavy (non-hydrogen) atoms. The van der Waals surface area contributed by atoms with Crippen LogP contribution in [0.25, 0.3) is 0 Å². The maximum absolute atomic E-state index is 12.7. The fourth-order valence-electron chi connectivity index (χ4n) is 3.24. The molecule has 1 amide bonds. The van der Waals surface area contributed by atoms with Gasteiger partial charge < -0.3 is 19.3 Å². The smallest absolute Gasteiger partial charge is 0.410 e. The third-order valence-electron chi connectivity index (χ3n) is 4.35. The molecule has 0 bridgehead atoms. The topological polar surface area (TPSA) is 42.0 Å². The highest BCUT2D eigenvalue weighted by atomic mass is 79.9. The van der Waals surface area contributed by atoms with Crippen molar-refractivity contribution < 1.29 is 14.3 Å². The zero-order valence-electron chi connectivity index (χ0n) is 16.7. The minimum absolute atomic E-state index is 0.133. The molecule has 0 radical (unpaired) electrons. The van der Waals surface area contributed by atoms with Crippen LogP contribution in [0.3, 0.4) is 0 Å². The van der Waals surface area contributed by atoms with E-state index in [4.69, 9.17) is 9.47 Å². The molecule has 5 nitrogen and oxygen atoms in total. The lowest BCUT2D eigenvalue weighted by Crippen LogP contribution is -2.56. The molecule has 0 N–H and O–H groups in total. The number of piperazine rings is 1. The second-order valence-corrected chi connectivity index (χ2v) is 9.08. The average molecular weight is 427 g/mol. The van der Waals surface area contributed by atoms with E-state index in [0.717, 1.165) is 35.4 Å². The molecule has 1 unspecified atom stereocenters. The number of hydrogen-bond acceptors (Lipinski definition) is 4. The summed E-state index contributed by atoms with van der Waals surface area (Å²) in [7, 11) is 1.67. The zero-order chi connectivity index (χ0) is 19.5. The number of hydrogen-bond donors (Lipinski definition) is 0. The van der Waals surface area contributed by atoms with Crippen LogP contribution in [0.2, 0.25) is 0 Å². The summed E-state index contributed by atoms with van der Waals surface area (Å²) < 4.78 is 12.0. The Morgan fingerprint density at radius 3 is 2.58 bits per heavy atom. The highest BCUT2D eigenvalue weighted by Gasteiger charge is 2.33. The van der Waals surface area contributed by atoms with Crippen LogP contribution >= 0.6 is 15.9 Å². The molecule has 1 aliphatic heterocycles. The fraction of sp³-hybridized carbons (Fsp3) is 0.650. The molecule has 1 aromatic rings. The number of anilines is 1. The van der Waals surface area contributed by atoms with Crippen molar-refractivity contribution in [3.63, 3.8) is 0 Å². The molecule has 1 atom stereocenters. The first-order chi connectivity index (χ1) is 12.1. The minimum atomic E-state index is -0.477. The molecule has 1 heterocycles.